The van der Waals surface area contributed by atoms with E-state index in [1.807, 2.05) is 35.2 Å². The molecule has 0 N–H and O–H groups in total. The van der Waals surface area contributed by atoms with Gasteiger partial charge in [0.1, 0.15) is 12.2 Å². The van der Waals surface area contributed by atoms with Crippen molar-refractivity contribution in [1.29, 1.82) is 0 Å². The van der Waals surface area contributed by atoms with E-state index >= 15 is 0 Å². The second-order valence-electron chi connectivity index (χ2n) is 8.14. The number of ether oxygens (including phenoxy) is 1. The van der Waals surface area contributed by atoms with Crippen molar-refractivity contribution in [2.45, 2.75) is 57.8 Å². The number of hydrogen-bond acceptors (Lipinski definition) is 6. The fraction of sp³-hybridized carbons (Fsp3) is 0.545. The summed E-state index contributed by atoms with van der Waals surface area (Å²) >= 11 is 0. The van der Waals surface area contributed by atoms with Crippen LogP contribution in [0, 0.1) is 6.92 Å². The largest absolute Gasteiger partial charge is 0.370 e. The molecule has 1 aliphatic heterocycles. The topological polar surface area (TPSA) is 88.8 Å². The first-order chi connectivity index (χ1) is 14.6. The van der Waals surface area contributed by atoms with Gasteiger partial charge in [-0.1, -0.05) is 54.8 Å². The number of carbonyl (C=O) groups is 2. The van der Waals surface area contributed by atoms with E-state index in [0.717, 1.165) is 31.2 Å². The Morgan fingerprint density at radius 2 is 1.90 bits per heavy atom. The van der Waals surface area contributed by atoms with Crippen molar-refractivity contribution < 1.29 is 19.0 Å². The summed E-state index contributed by atoms with van der Waals surface area (Å²) in [4.78, 5) is 29.6. The van der Waals surface area contributed by atoms with Crippen LogP contribution in [0.25, 0.3) is 0 Å². The van der Waals surface area contributed by atoms with Gasteiger partial charge in [0.05, 0.1) is 12.7 Å². The van der Waals surface area contributed by atoms with E-state index in [1.54, 1.807) is 6.92 Å². The van der Waals surface area contributed by atoms with Gasteiger partial charge >= 0.3 is 0 Å². The molecule has 0 unspecified atom stereocenters. The number of carbonyl (C=O) groups excluding carboxylic acids is 2. The number of rotatable bonds is 5. The van der Waals surface area contributed by atoms with Crippen LogP contribution >= 0.6 is 0 Å². The summed E-state index contributed by atoms with van der Waals surface area (Å²) in [5, 5.41) is 7.43. The molecule has 2 fully saturated rings. The minimum atomic E-state index is -0.346. The maximum atomic E-state index is 13.1. The Kier molecular flexibility index (Phi) is 6.42. The number of amides is 2. The molecule has 2 aromatic rings. The van der Waals surface area contributed by atoms with Gasteiger partial charge in [0.15, 0.2) is 5.69 Å². The van der Waals surface area contributed by atoms with Crippen LogP contribution in [0.5, 0.6) is 0 Å². The second kappa shape index (κ2) is 9.38. The highest BCUT2D eigenvalue weighted by atomic mass is 16.6. The molecule has 1 saturated carbocycles. The number of nitrogens with zero attached hydrogens (tertiary/aromatic N) is 4. The molecule has 1 atom stereocenters. The third kappa shape index (κ3) is 4.70. The Bertz CT molecular complexity index is 863. The van der Waals surface area contributed by atoms with Crippen LogP contribution in [0.3, 0.4) is 0 Å². The molecular weight excluding hydrogens is 384 g/mol. The smallest absolute Gasteiger partial charge is 0.278 e. The monoisotopic (exact) mass is 412 g/mol. The molecule has 1 aromatic heterocycles. The minimum absolute atomic E-state index is 0.0207. The molecule has 2 aliphatic rings. The lowest BCUT2D eigenvalue weighted by Gasteiger charge is -2.34. The summed E-state index contributed by atoms with van der Waals surface area (Å²) in [5.41, 5.74) is 1.63. The Morgan fingerprint density at radius 3 is 2.60 bits per heavy atom. The average molecular weight is 412 g/mol. The second-order valence-corrected chi connectivity index (χ2v) is 8.14. The van der Waals surface area contributed by atoms with E-state index in [4.69, 9.17) is 4.74 Å². The summed E-state index contributed by atoms with van der Waals surface area (Å²) in [6, 6.07) is 10.1. The maximum absolute atomic E-state index is 13.1. The van der Waals surface area contributed by atoms with Gasteiger partial charge in [-0.15, -0.1) is 0 Å². The number of aromatic nitrogens is 2. The molecule has 0 radical (unpaired) electrons. The SMILES string of the molecule is Cc1nonc1C(=O)N1CC(=O)N(C2CCCCC2)C[C@@H](OCc2ccccc2)C1. The van der Waals surface area contributed by atoms with Gasteiger partial charge in [-0.05, 0) is 30.5 Å². The van der Waals surface area contributed by atoms with E-state index in [1.165, 1.54) is 11.3 Å². The van der Waals surface area contributed by atoms with Crippen LogP contribution in [0.1, 0.15) is 53.8 Å². The predicted molar refractivity (Wildman–Crippen MR) is 109 cm³/mol. The number of hydrogen-bond donors (Lipinski definition) is 0. The van der Waals surface area contributed by atoms with Crippen LogP contribution in [-0.4, -0.2) is 63.7 Å². The molecule has 30 heavy (non-hydrogen) atoms. The summed E-state index contributed by atoms with van der Waals surface area (Å²) in [6.07, 6.45) is 5.24. The van der Waals surface area contributed by atoms with Crippen molar-refractivity contribution in [2.75, 3.05) is 19.6 Å². The minimum Gasteiger partial charge on any atom is -0.370 e. The van der Waals surface area contributed by atoms with Gasteiger partial charge in [-0.2, -0.15) is 0 Å². The molecule has 0 bridgehead atoms. The van der Waals surface area contributed by atoms with Gasteiger partial charge in [-0.25, -0.2) is 4.63 Å². The van der Waals surface area contributed by atoms with Crippen LogP contribution < -0.4 is 0 Å². The Hall–Kier alpha value is -2.74. The molecule has 2 heterocycles. The van der Waals surface area contributed by atoms with Crippen molar-refractivity contribution in [2.24, 2.45) is 0 Å². The summed E-state index contributed by atoms with van der Waals surface area (Å²) in [6.45, 7) is 2.95. The van der Waals surface area contributed by atoms with E-state index in [9.17, 15) is 9.59 Å². The fourth-order valence-electron chi connectivity index (χ4n) is 4.31. The lowest BCUT2D eigenvalue weighted by Crippen LogP contribution is -2.46. The Balaban J connectivity index is 1.53. The number of benzene rings is 1. The first kappa shape index (κ1) is 20.5. The van der Waals surface area contributed by atoms with Gasteiger partial charge in [0.25, 0.3) is 5.91 Å². The van der Waals surface area contributed by atoms with Gasteiger partial charge in [0.2, 0.25) is 5.91 Å². The highest BCUT2D eigenvalue weighted by Gasteiger charge is 2.36. The fourth-order valence-corrected chi connectivity index (χ4v) is 4.31. The first-order valence-corrected chi connectivity index (χ1v) is 10.6. The van der Waals surface area contributed by atoms with E-state index < -0.39 is 0 Å². The quantitative estimate of drug-likeness (QED) is 0.750. The van der Waals surface area contributed by atoms with Crippen LogP contribution in [0.4, 0.5) is 0 Å². The van der Waals surface area contributed by atoms with Crippen molar-refractivity contribution in [1.82, 2.24) is 20.1 Å². The zero-order chi connectivity index (χ0) is 20.9. The summed E-state index contributed by atoms with van der Waals surface area (Å²) in [5.74, 6) is -0.379. The Labute approximate surface area is 176 Å². The molecular formula is C22H28N4O4. The molecule has 1 aliphatic carbocycles. The van der Waals surface area contributed by atoms with Gasteiger partial charge in [0, 0.05) is 19.1 Å². The molecule has 0 spiro atoms. The third-order valence-electron chi connectivity index (χ3n) is 5.96. The van der Waals surface area contributed by atoms with Crippen molar-refractivity contribution in [3.05, 3.63) is 47.3 Å². The molecule has 160 valence electrons. The van der Waals surface area contributed by atoms with E-state index in [2.05, 4.69) is 14.9 Å². The first-order valence-electron chi connectivity index (χ1n) is 10.6. The molecule has 2 amide bonds. The van der Waals surface area contributed by atoms with Crippen LogP contribution in [0.2, 0.25) is 0 Å². The molecule has 1 aromatic carbocycles. The highest BCUT2D eigenvalue weighted by molar-refractivity contribution is 5.95. The summed E-state index contributed by atoms with van der Waals surface area (Å²) in [7, 11) is 0. The molecule has 1 saturated heterocycles. The summed E-state index contributed by atoms with van der Waals surface area (Å²) < 4.78 is 10.9. The van der Waals surface area contributed by atoms with Crippen molar-refractivity contribution >= 4 is 11.8 Å². The molecule has 4 rings (SSSR count). The zero-order valence-corrected chi connectivity index (χ0v) is 17.3. The van der Waals surface area contributed by atoms with Crippen LogP contribution in [0.15, 0.2) is 35.0 Å². The standard InChI is InChI=1S/C22H28N4O4/c1-16-21(24-30-23-16)22(28)25-12-19(29-15-17-8-4-2-5-9-17)13-26(20(27)14-25)18-10-6-3-7-11-18/h2,4-5,8-9,18-19H,3,6-7,10-15H2,1H3/t19-/m0/s1. The van der Waals surface area contributed by atoms with Gasteiger partial charge in [-0.3, -0.25) is 9.59 Å². The van der Waals surface area contributed by atoms with E-state index in [0.29, 0.717) is 25.4 Å². The van der Waals surface area contributed by atoms with Crippen LogP contribution in [-0.2, 0) is 16.1 Å². The molecule has 8 nitrogen and oxygen atoms in total. The lowest BCUT2D eigenvalue weighted by atomic mass is 9.94. The Morgan fingerprint density at radius 1 is 1.13 bits per heavy atom. The lowest BCUT2D eigenvalue weighted by molar-refractivity contribution is -0.134. The van der Waals surface area contributed by atoms with Crippen molar-refractivity contribution in [3.8, 4) is 0 Å². The highest BCUT2D eigenvalue weighted by Crippen LogP contribution is 2.25. The predicted octanol–water partition coefficient (Wildman–Crippen LogP) is 2.58. The third-order valence-corrected chi connectivity index (χ3v) is 5.96. The zero-order valence-electron chi connectivity index (χ0n) is 17.3. The maximum Gasteiger partial charge on any atom is 0.278 e. The van der Waals surface area contributed by atoms with E-state index in [-0.39, 0.29) is 36.2 Å². The number of aryl methyl sites for hydroxylation is 1. The average Bonchev–Trinajstić information content (AvgIpc) is 3.13. The normalized spacial score (nSPS) is 21.0. The molecule has 8 heteroatoms. The van der Waals surface area contributed by atoms with Gasteiger partial charge < -0.3 is 14.5 Å². The van der Waals surface area contributed by atoms with Crippen molar-refractivity contribution in [3.63, 3.8) is 0 Å².